The molecule has 118 valence electrons. The number of nitrogens with one attached hydrogen (secondary N) is 1. The van der Waals surface area contributed by atoms with Gasteiger partial charge in [0.05, 0.1) is 18.0 Å². The summed E-state index contributed by atoms with van der Waals surface area (Å²) in [5, 5.41) is 16.1. The Hall–Kier alpha value is -2.79. The molecule has 5 heteroatoms. The van der Waals surface area contributed by atoms with Gasteiger partial charge in [0.2, 0.25) is 0 Å². The van der Waals surface area contributed by atoms with Gasteiger partial charge in [0.1, 0.15) is 24.7 Å². The molecule has 0 aliphatic carbocycles. The summed E-state index contributed by atoms with van der Waals surface area (Å²) in [6.07, 6.45) is 0. The molecule has 0 saturated carbocycles. The Morgan fingerprint density at radius 3 is 2.43 bits per heavy atom. The number of aromatic nitrogens is 2. The van der Waals surface area contributed by atoms with Crippen LogP contribution in [0.1, 0.15) is 5.69 Å². The SMILES string of the molecule is OCc1cc(-c2ccccc2OCCOc2ccccc2)n[nH]1. The van der Waals surface area contributed by atoms with Crippen molar-refractivity contribution >= 4 is 0 Å². The quantitative estimate of drug-likeness (QED) is 0.658. The van der Waals surface area contributed by atoms with E-state index in [1.807, 2.05) is 60.7 Å². The molecule has 5 nitrogen and oxygen atoms in total. The predicted octanol–water partition coefficient (Wildman–Crippen LogP) is 3.03. The molecule has 0 amide bonds. The van der Waals surface area contributed by atoms with Crippen molar-refractivity contribution < 1.29 is 14.6 Å². The summed E-state index contributed by atoms with van der Waals surface area (Å²) in [5.41, 5.74) is 2.29. The van der Waals surface area contributed by atoms with Gasteiger partial charge in [-0.1, -0.05) is 30.3 Å². The molecule has 0 atom stereocenters. The smallest absolute Gasteiger partial charge is 0.128 e. The third kappa shape index (κ3) is 3.90. The standard InChI is InChI=1S/C18H18N2O3/c21-13-14-12-17(20-19-14)16-8-4-5-9-18(16)23-11-10-22-15-6-2-1-3-7-15/h1-9,12,21H,10-11,13H2,(H,19,20). The first-order chi connectivity index (χ1) is 11.4. The number of aromatic amines is 1. The van der Waals surface area contributed by atoms with Gasteiger partial charge in [-0.3, -0.25) is 5.10 Å². The van der Waals surface area contributed by atoms with E-state index in [1.54, 1.807) is 0 Å². The number of aliphatic hydroxyl groups excluding tert-OH is 1. The van der Waals surface area contributed by atoms with Crippen LogP contribution in [-0.4, -0.2) is 28.5 Å². The molecule has 1 heterocycles. The second-order valence-electron chi connectivity index (χ2n) is 4.94. The van der Waals surface area contributed by atoms with Gasteiger partial charge in [0.15, 0.2) is 0 Å². The van der Waals surface area contributed by atoms with E-state index in [0.717, 1.165) is 22.8 Å². The van der Waals surface area contributed by atoms with Crippen molar-refractivity contribution in [3.05, 3.63) is 66.4 Å². The van der Waals surface area contributed by atoms with Crippen LogP contribution in [0.3, 0.4) is 0 Å². The fourth-order valence-electron chi connectivity index (χ4n) is 2.21. The predicted molar refractivity (Wildman–Crippen MR) is 87.4 cm³/mol. The third-order valence-corrected chi connectivity index (χ3v) is 3.32. The van der Waals surface area contributed by atoms with Crippen molar-refractivity contribution in [2.45, 2.75) is 6.61 Å². The average molecular weight is 310 g/mol. The highest BCUT2D eigenvalue weighted by Gasteiger charge is 2.09. The number of aliphatic hydroxyl groups is 1. The Bertz CT molecular complexity index is 741. The molecule has 1 aromatic heterocycles. The minimum Gasteiger partial charge on any atom is -0.490 e. The van der Waals surface area contributed by atoms with Crippen LogP contribution in [0.2, 0.25) is 0 Å². The molecule has 3 aromatic rings. The molecule has 3 rings (SSSR count). The lowest BCUT2D eigenvalue weighted by molar-refractivity contribution is 0.217. The molecule has 0 radical (unpaired) electrons. The Kier molecular flexibility index (Phi) is 4.91. The molecule has 0 fully saturated rings. The summed E-state index contributed by atoms with van der Waals surface area (Å²) >= 11 is 0. The van der Waals surface area contributed by atoms with Crippen LogP contribution in [0.25, 0.3) is 11.3 Å². The van der Waals surface area contributed by atoms with Crippen LogP contribution in [0.4, 0.5) is 0 Å². The van der Waals surface area contributed by atoms with Gasteiger partial charge in [-0.2, -0.15) is 5.10 Å². The zero-order valence-corrected chi connectivity index (χ0v) is 12.6. The fraction of sp³-hybridized carbons (Fsp3) is 0.167. The van der Waals surface area contributed by atoms with Gasteiger partial charge >= 0.3 is 0 Å². The molecule has 23 heavy (non-hydrogen) atoms. The number of nitrogens with zero attached hydrogens (tertiary/aromatic N) is 1. The van der Waals surface area contributed by atoms with E-state index < -0.39 is 0 Å². The van der Waals surface area contributed by atoms with Crippen molar-refractivity contribution in [3.8, 4) is 22.8 Å². The Labute approximate surface area is 134 Å². The highest BCUT2D eigenvalue weighted by Crippen LogP contribution is 2.28. The van der Waals surface area contributed by atoms with E-state index in [1.165, 1.54) is 0 Å². The minimum absolute atomic E-state index is 0.0685. The topological polar surface area (TPSA) is 67.4 Å². The van der Waals surface area contributed by atoms with Gasteiger partial charge in [0.25, 0.3) is 0 Å². The second kappa shape index (κ2) is 7.47. The van der Waals surface area contributed by atoms with E-state index in [0.29, 0.717) is 18.9 Å². The van der Waals surface area contributed by atoms with Crippen molar-refractivity contribution in [1.82, 2.24) is 10.2 Å². The normalized spacial score (nSPS) is 10.5. The van der Waals surface area contributed by atoms with Gasteiger partial charge < -0.3 is 14.6 Å². The van der Waals surface area contributed by atoms with Crippen molar-refractivity contribution in [1.29, 1.82) is 0 Å². The molecule has 2 aromatic carbocycles. The molecule has 2 N–H and O–H groups in total. The summed E-state index contributed by atoms with van der Waals surface area (Å²) < 4.78 is 11.4. The van der Waals surface area contributed by atoms with E-state index in [2.05, 4.69) is 10.2 Å². The number of rotatable bonds is 7. The summed E-state index contributed by atoms with van der Waals surface area (Å²) in [6.45, 7) is 0.824. The monoisotopic (exact) mass is 310 g/mol. The molecule has 0 aliphatic rings. The average Bonchev–Trinajstić information content (AvgIpc) is 3.09. The Morgan fingerprint density at radius 2 is 1.65 bits per heavy atom. The van der Waals surface area contributed by atoms with Crippen molar-refractivity contribution in [3.63, 3.8) is 0 Å². The van der Waals surface area contributed by atoms with E-state index >= 15 is 0 Å². The zero-order chi connectivity index (χ0) is 15.9. The number of hydrogen-bond acceptors (Lipinski definition) is 4. The Balaban J connectivity index is 1.62. The largest absolute Gasteiger partial charge is 0.490 e. The first-order valence-corrected chi connectivity index (χ1v) is 7.42. The molecular weight excluding hydrogens is 292 g/mol. The lowest BCUT2D eigenvalue weighted by Crippen LogP contribution is -2.09. The lowest BCUT2D eigenvalue weighted by Gasteiger charge is -2.11. The van der Waals surface area contributed by atoms with Gasteiger partial charge in [-0.05, 0) is 30.3 Å². The van der Waals surface area contributed by atoms with Crippen molar-refractivity contribution in [2.24, 2.45) is 0 Å². The van der Waals surface area contributed by atoms with Gasteiger partial charge in [-0.25, -0.2) is 0 Å². The van der Waals surface area contributed by atoms with Crippen LogP contribution in [0.5, 0.6) is 11.5 Å². The second-order valence-corrected chi connectivity index (χ2v) is 4.94. The van der Waals surface area contributed by atoms with E-state index in [-0.39, 0.29) is 6.61 Å². The number of hydrogen-bond donors (Lipinski definition) is 2. The van der Waals surface area contributed by atoms with Crippen LogP contribution in [0.15, 0.2) is 60.7 Å². The first-order valence-electron chi connectivity index (χ1n) is 7.42. The zero-order valence-electron chi connectivity index (χ0n) is 12.6. The summed E-state index contributed by atoms with van der Waals surface area (Å²) in [6, 6.07) is 19.1. The highest BCUT2D eigenvalue weighted by molar-refractivity contribution is 5.67. The number of ether oxygens (including phenoxy) is 2. The molecule has 0 bridgehead atoms. The Morgan fingerprint density at radius 1 is 0.913 bits per heavy atom. The van der Waals surface area contributed by atoms with E-state index in [4.69, 9.17) is 14.6 Å². The summed E-state index contributed by atoms with van der Waals surface area (Å²) in [7, 11) is 0. The first kappa shape index (κ1) is 15.1. The van der Waals surface area contributed by atoms with Crippen LogP contribution >= 0.6 is 0 Å². The number of para-hydroxylation sites is 2. The summed E-state index contributed by atoms with van der Waals surface area (Å²) in [4.78, 5) is 0. The van der Waals surface area contributed by atoms with Crippen molar-refractivity contribution in [2.75, 3.05) is 13.2 Å². The molecular formula is C18H18N2O3. The lowest BCUT2D eigenvalue weighted by atomic mass is 10.1. The van der Waals surface area contributed by atoms with Gasteiger partial charge in [-0.15, -0.1) is 0 Å². The number of H-pyrrole nitrogens is 1. The van der Waals surface area contributed by atoms with E-state index in [9.17, 15) is 0 Å². The molecule has 0 saturated heterocycles. The van der Waals surface area contributed by atoms with Crippen LogP contribution in [-0.2, 0) is 6.61 Å². The molecule has 0 spiro atoms. The maximum Gasteiger partial charge on any atom is 0.128 e. The maximum atomic E-state index is 9.13. The maximum absolute atomic E-state index is 9.13. The minimum atomic E-state index is -0.0685. The van der Waals surface area contributed by atoms with Crippen LogP contribution < -0.4 is 9.47 Å². The van der Waals surface area contributed by atoms with Gasteiger partial charge in [0, 0.05) is 5.56 Å². The third-order valence-electron chi connectivity index (χ3n) is 3.32. The van der Waals surface area contributed by atoms with Crippen LogP contribution in [0, 0.1) is 0 Å². The fourth-order valence-corrected chi connectivity index (χ4v) is 2.21. The number of benzene rings is 2. The molecule has 0 aliphatic heterocycles. The highest BCUT2D eigenvalue weighted by atomic mass is 16.5. The molecule has 0 unspecified atom stereocenters. The summed E-state index contributed by atoms with van der Waals surface area (Å²) in [5.74, 6) is 1.56.